The summed E-state index contributed by atoms with van der Waals surface area (Å²) in [5, 5.41) is 10.5. The second kappa shape index (κ2) is 6.73. The lowest BCUT2D eigenvalue weighted by Crippen LogP contribution is -2.44. The number of nitrogens with one attached hydrogen (secondary N) is 1. The first-order chi connectivity index (χ1) is 8.81. The van der Waals surface area contributed by atoms with E-state index in [1.807, 2.05) is 22.6 Å². The fourth-order valence-electron chi connectivity index (χ4n) is 1.35. The van der Waals surface area contributed by atoms with Crippen LogP contribution in [0.4, 0.5) is 13.2 Å². The van der Waals surface area contributed by atoms with Gasteiger partial charge in [0, 0.05) is 9.99 Å². The number of hydrogen-bond acceptors (Lipinski definition) is 2. The number of hydrogen-bond donors (Lipinski definition) is 2. The summed E-state index contributed by atoms with van der Waals surface area (Å²) in [6.45, 7) is 0. The molecule has 0 bridgehead atoms. The number of amides is 1. The second-order valence-electron chi connectivity index (χ2n) is 3.64. The average molecular weight is 387 g/mol. The third kappa shape index (κ3) is 4.69. The summed E-state index contributed by atoms with van der Waals surface area (Å²) in [5.74, 6) is -3.86. The van der Waals surface area contributed by atoms with E-state index in [0.29, 0.717) is 3.57 Å². The van der Waals surface area contributed by atoms with Gasteiger partial charge in [0.15, 0.2) is 0 Å². The van der Waals surface area contributed by atoms with Crippen molar-refractivity contribution in [2.24, 2.45) is 0 Å². The molecule has 0 aliphatic rings. The third-order valence-corrected chi connectivity index (χ3v) is 2.92. The lowest BCUT2D eigenvalue weighted by Gasteiger charge is -2.14. The van der Waals surface area contributed by atoms with E-state index in [1.54, 1.807) is 5.32 Å². The summed E-state index contributed by atoms with van der Waals surface area (Å²) in [6, 6.07) is 2.41. The highest BCUT2D eigenvalue weighted by atomic mass is 127. The van der Waals surface area contributed by atoms with E-state index >= 15 is 0 Å². The molecule has 0 saturated carbocycles. The zero-order valence-corrected chi connectivity index (χ0v) is 11.5. The minimum Gasteiger partial charge on any atom is -0.480 e. The van der Waals surface area contributed by atoms with Crippen LogP contribution in [0.3, 0.4) is 0 Å². The Hall–Kier alpha value is -1.32. The monoisotopic (exact) mass is 387 g/mol. The molecule has 1 unspecified atom stereocenters. The molecule has 0 saturated heterocycles. The van der Waals surface area contributed by atoms with Crippen LogP contribution in [0.2, 0.25) is 0 Å². The number of carbonyl (C=O) groups is 2. The van der Waals surface area contributed by atoms with Crippen LogP contribution in [-0.4, -0.2) is 29.5 Å². The highest BCUT2D eigenvalue weighted by molar-refractivity contribution is 14.1. The molecule has 1 aromatic carbocycles. The van der Waals surface area contributed by atoms with E-state index in [2.05, 4.69) is 0 Å². The van der Waals surface area contributed by atoms with Gasteiger partial charge in [0.05, 0.1) is 0 Å². The van der Waals surface area contributed by atoms with Crippen molar-refractivity contribution in [2.45, 2.75) is 18.9 Å². The molecule has 0 spiro atoms. The Morgan fingerprint density at radius 1 is 1.37 bits per heavy atom. The summed E-state index contributed by atoms with van der Waals surface area (Å²) in [5.41, 5.74) is 0.0360. The largest absolute Gasteiger partial charge is 0.480 e. The topological polar surface area (TPSA) is 66.4 Å². The van der Waals surface area contributed by atoms with Gasteiger partial charge >= 0.3 is 12.4 Å². The molecule has 8 heteroatoms. The zero-order chi connectivity index (χ0) is 14.6. The van der Waals surface area contributed by atoms with Gasteiger partial charge in [0.2, 0.25) is 0 Å². The fourth-order valence-corrected chi connectivity index (χ4v) is 1.91. The zero-order valence-electron chi connectivity index (χ0n) is 9.37. The van der Waals surface area contributed by atoms with Crippen molar-refractivity contribution < 1.29 is 27.9 Å². The van der Waals surface area contributed by atoms with Crippen molar-refractivity contribution in [1.82, 2.24) is 5.32 Å². The van der Waals surface area contributed by atoms with Crippen molar-refractivity contribution in [3.8, 4) is 0 Å². The Balaban J connectivity index is 2.87. The Bertz CT molecular complexity index is 496. The molecule has 0 fully saturated rings. The number of benzene rings is 1. The molecular weight excluding hydrogens is 378 g/mol. The normalized spacial score (nSPS) is 12.3. The molecule has 4 nitrogen and oxygen atoms in total. The van der Waals surface area contributed by atoms with Gasteiger partial charge in [-0.05, 0) is 46.4 Å². The van der Waals surface area contributed by atoms with Gasteiger partial charge < -0.3 is 10.4 Å². The smallest absolute Gasteiger partial charge is 0.326 e. The molecule has 1 amide bonds. The average Bonchev–Trinajstić information content (AvgIpc) is 2.32. The number of carboxylic acid groups (broad SMARTS) is 1. The minimum atomic E-state index is -3.32. The van der Waals surface area contributed by atoms with Crippen LogP contribution >= 0.6 is 22.6 Å². The molecule has 0 aromatic heterocycles. The van der Waals surface area contributed by atoms with Gasteiger partial charge in [0.25, 0.3) is 5.91 Å². The molecule has 1 rings (SSSR count). The van der Waals surface area contributed by atoms with Gasteiger partial charge in [-0.25, -0.2) is 9.18 Å². The van der Waals surface area contributed by atoms with Gasteiger partial charge in [-0.15, -0.1) is 0 Å². The first-order valence-corrected chi connectivity index (χ1v) is 6.14. The molecule has 104 valence electrons. The molecule has 0 heterocycles. The van der Waals surface area contributed by atoms with E-state index in [-0.39, 0.29) is 5.56 Å². The number of alkyl halides is 2. The lowest BCUT2D eigenvalue weighted by molar-refractivity contribution is -0.144. The van der Waals surface area contributed by atoms with Crippen LogP contribution in [0.25, 0.3) is 0 Å². The standard InChI is InChI=1S/C11H9F3INO3/c12-7-2-1-6(15)3-5(7)4-8(11(18)19)16-10(17)9(13)14/h1-3,8-9H,4H2,(H,16,17)(H,18,19). The van der Waals surface area contributed by atoms with Crippen molar-refractivity contribution in [3.05, 3.63) is 33.1 Å². The molecule has 0 aliphatic heterocycles. The Labute approximate surface area is 120 Å². The predicted molar refractivity (Wildman–Crippen MR) is 68.4 cm³/mol. The first-order valence-electron chi connectivity index (χ1n) is 5.06. The number of carbonyl (C=O) groups excluding carboxylic acids is 1. The van der Waals surface area contributed by atoms with E-state index in [4.69, 9.17) is 5.11 Å². The molecule has 0 radical (unpaired) electrons. The van der Waals surface area contributed by atoms with Crippen LogP contribution in [0.1, 0.15) is 5.56 Å². The van der Waals surface area contributed by atoms with Crippen LogP contribution in [0, 0.1) is 9.39 Å². The number of rotatable bonds is 5. The molecular formula is C11H9F3INO3. The number of halogens is 4. The maximum Gasteiger partial charge on any atom is 0.326 e. The molecule has 19 heavy (non-hydrogen) atoms. The molecule has 0 aliphatic carbocycles. The van der Waals surface area contributed by atoms with Crippen LogP contribution < -0.4 is 5.32 Å². The highest BCUT2D eigenvalue weighted by Gasteiger charge is 2.25. The second-order valence-corrected chi connectivity index (χ2v) is 4.89. The third-order valence-electron chi connectivity index (χ3n) is 2.24. The summed E-state index contributed by atoms with van der Waals surface area (Å²) in [4.78, 5) is 21.7. The van der Waals surface area contributed by atoms with Crippen molar-refractivity contribution in [1.29, 1.82) is 0 Å². The number of aliphatic carboxylic acids is 1. The van der Waals surface area contributed by atoms with Gasteiger partial charge in [-0.2, -0.15) is 8.78 Å². The maximum absolute atomic E-state index is 13.4. The summed E-state index contributed by atoms with van der Waals surface area (Å²) < 4.78 is 38.2. The summed E-state index contributed by atoms with van der Waals surface area (Å²) >= 11 is 1.90. The van der Waals surface area contributed by atoms with E-state index in [9.17, 15) is 22.8 Å². The Kier molecular flexibility index (Phi) is 5.58. The fraction of sp³-hybridized carbons (Fsp3) is 0.273. The molecule has 1 atom stereocenters. The minimum absolute atomic E-state index is 0.0360. The number of carboxylic acids is 1. The summed E-state index contributed by atoms with van der Waals surface area (Å²) in [6.07, 6.45) is -3.72. The van der Waals surface area contributed by atoms with Crippen LogP contribution in [0.5, 0.6) is 0 Å². The quantitative estimate of drug-likeness (QED) is 0.758. The predicted octanol–water partition coefficient (Wildman–Crippen LogP) is 1.81. The van der Waals surface area contributed by atoms with Crippen LogP contribution in [0.15, 0.2) is 18.2 Å². The Morgan fingerprint density at radius 2 is 2.00 bits per heavy atom. The van der Waals surface area contributed by atoms with Gasteiger partial charge in [-0.1, -0.05) is 0 Å². The summed E-state index contributed by atoms with van der Waals surface area (Å²) in [7, 11) is 0. The van der Waals surface area contributed by atoms with Crippen molar-refractivity contribution >= 4 is 34.5 Å². The maximum atomic E-state index is 13.4. The molecule has 2 N–H and O–H groups in total. The van der Waals surface area contributed by atoms with Crippen LogP contribution in [-0.2, 0) is 16.0 Å². The SMILES string of the molecule is O=C(NC(Cc1cc(I)ccc1F)C(=O)O)C(F)F. The highest BCUT2D eigenvalue weighted by Crippen LogP contribution is 2.14. The Morgan fingerprint density at radius 3 is 2.53 bits per heavy atom. The van der Waals surface area contributed by atoms with E-state index < -0.39 is 36.6 Å². The van der Waals surface area contributed by atoms with E-state index in [1.165, 1.54) is 12.1 Å². The van der Waals surface area contributed by atoms with Crippen molar-refractivity contribution in [2.75, 3.05) is 0 Å². The lowest BCUT2D eigenvalue weighted by atomic mass is 10.1. The van der Waals surface area contributed by atoms with Gasteiger partial charge in [-0.3, -0.25) is 4.79 Å². The van der Waals surface area contributed by atoms with E-state index in [0.717, 1.165) is 6.07 Å². The van der Waals surface area contributed by atoms with Crippen molar-refractivity contribution in [3.63, 3.8) is 0 Å². The molecule has 1 aromatic rings. The first kappa shape index (κ1) is 15.7. The van der Waals surface area contributed by atoms with Gasteiger partial charge in [0.1, 0.15) is 11.9 Å².